The molecule has 176 valence electrons. The molecule has 34 heavy (non-hydrogen) atoms. The number of nitrogens with zero attached hydrogens (tertiary/aromatic N) is 4. The Hall–Kier alpha value is -3.37. The highest BCUT2D eigenvalue weighted by Gasteiger charge is 2.45. The van der Waals surface area contributed by atoms with Gasteiger partial charge in [0.2, 0.25) is 0 Å². The average Bonchev–Trinajstić information content (AvgIpc) is 3.43. The van der Waals surface area contributed by atoms with Gasteiger partial charge in [-0.1, -0.05) is 60.7 Å². The van der Waals surface area contributed by atoms with E-state index in [4.69, 9.17) is 19.9 Å². The number of aliphatic hydroxyl groups is 1. The van der Waals surface area contributed by atoms with Crippen molar-refractivity contribution in [3.05, 3.63) is 84.4 Å². The quantitative estimate of drug-likeness (QED) is 0.391. The second-order valence-corrected chi connectivity index (χ2v) is 8.30. The SMILES string of the molecule is Nc1ncnc2c1ncn2[C@@H]1O[C@H](COCc2ccccc2)[C@@H](COCc2ccccc2)[C@H]1O. The van der Waals surface area contributed by atoms with Gasteiger partial charge in [0, 0.05) is 5.92 Å². The van der Waals surface area contributed by atoms with E-state index in [-0.39, 0.29) is 17.8 Å². The molecule has 0 bridgehead atoms. The maximum absolute atomic E-state index is 11.2. The van der Waals surface area contributed by atoms with Gasteiger partial charge in [-0.3, -0.25) is 4.57 Å². The maximum atomic E-state index is 11.2. The first kappa shape index (κ1) is 22.4. The predicted molar refractivity (Wildman–Crippen MR) is 125 cm³/mol. The summed E-state index contributed by atoms with van der Waals surface area (Å²) in [4.78, 5) is 12.6. The van der Waals surface area contributed by atoms with Gasteiger partial charge in [-0.25, -0.2) is 15.0 Å². The van der Waals surface area contributed by atoms with Crippen molar-refractivity contribution in [1.82, 2.24) is 19.5 Å². The minimum atomic E-state index is -0.852. The highest BCUT2D eigenvalue weighted by atomic mass is 16.6. The largest absolute Gasteiger partial charge is 0.388 e. The van der Waals surface area contributed by atoms with Crippen molar-refractivity contribution in [3.8, 4) is 0 Å². The average molecular weight is 462 g/mol. The van der Waals surface area contributed by atoms with Crippen molar-refractivity contribution >= 4 is 17.0 Å². The summed E-state index contributed by atoms with van der Waals surface area (Å²) in [5, 5.41) is 11.2. The van der Waals surface area contributed by atoms with Gasteiger partial charge in [0.25, 0.3) is 0 Å². The predicted octanol–water partition coefficient (Wildman–Crippen LogP) is 2.72. The minimum absolute atomic E-state index is 0.279. The lowest BCUT2D eigenvalue weighted by molar-refractivity contribution is -0.0663. The Morgan fingerprint density at radius 2 is 1.53 bits per heavy atom. The summed E-state index contributed by atoms with van der Waals surface area (Å²) in [6.07, 6.45) is 1.01. The molecule has 2 aromatic carbocycles. The standard InChI is InChI=1S/C25H27N5O4/c26-23-21-24(28-15-27-23)30(16-29-21)25-22(31)19(13-32-11-17-7-3-1-4-8-17)20(34-25)14-33-12-18-9-5-2-6-10-18/h1-10,15-16,19-20,22,25,31H,11-14H2,(H2,26,27,28)/t19-,20-,22-,25-/m1/s1. The number of ether oxygens (including phenoxy) is 3. The fourth-order valence-electron chi connectivity index (χ4n) is 4.20. The van der Waals surface area contributed by atoms with Gasteiger partial charge in [-0.15, -0.1) is 0 Å². The number of hydrogen-bond acceptors (Lipinski definition) is 8. The number of benzene rings is 2. The topological polar surface area (TPSA) is 118 Å². The number of rotatable bonds is 9. The van der Waals surface area contributed by atoms with Crippen LogP contribution in [0, 0.1) is 5.92 Å². The Kier molecular flexibility index (Phi) is 6.77. The first-order valence-electron chi connectivity index (χ1n) is 11.2. The van der Waals surface area contributed by atoms with Crippen LogP contribution in [0.25, 0.3) is 11.2 Å². The Morgan fingerprint density at radius 3 is 2.21 bits per heavy atom. The van der Waals surface area contributed by atoms with Gasteiger partial charge in [0.15, 0.2) is 17.7 Å². The lowest BCUT2D eigenvalue weighted by Crippen LogP contribution is -2.32. The van der Waals surface area contributed by atoms with E-state index in [1.807, 2.05) is 60.7 Å². The van der Waals surface area contributed by atoms with Crippen molar-refractivity contribution in [2.45, 2.75) is 31.6 Å². The Balaban J connectivity index is 1.31. The third-order valence-electron chi connectivity index (χ3n) is 6.00. The minimum Gasteiger partial charge on any atom is -0.388 e. The van der Waals surface area contributed by atoms with Crippen molar-refractivity contribution in [2.24, 2.45) is 5.92 Å². The maximum Gasteiger partial charge on any atom is 0.167 e. The normalized spacial score (nSPS) is 22.4. The van der Waals surface area contributed by atoms with E-state index in [1.54, 1.807) is 10.9 Å². The molecular formula is C25H27N5O4. The van der Waals surface area contributed by atoms with Gasteiger partial charge < -0.3 is 25.1 Å². The van der Waals surface area contributed by atoms with E-state index in [0.29, 0.717) is 37.6 Å². The summed E-state index contributed by atoms with van der Waals surface area (Å²) < 4.78 is 19.9. The number of aromatic nitrogens is 4. The van der Waals surface area contributed by atoms with Crippen LogP contribution in [0.5, 0.6) is 0 Å². The van der Waals surface area contributed by atoms with Gasteiger partial charge in [-0.2, -0.15) is 0 Å². The van der Waals surface area contributed by atoms with E-state index in [0.717, 1.165) is 11.1 Å². The molecule has 0 spiro atoms. The summed E-state index contributed by atoms with van der Waals surface area (Å²) >= 11 is 0. The summed E-state index contributed by atoms with van der Waals surface area (Å²) in [5.74, 6) is -0.0251. The van der Waals surface area contributed by atoms with Crippen LogP contribution in [0.2, 0.25) is 0 Å². The summed E-state index contributed by atoms with van der Waals surface area (Å²) in [7, 11) is 0. The van der Waals surface area contributed by atoms with E-state index in [2.05, 4.69) is 15.0 Å². The molecule has 1 aliphatic heterocycles. The molecule has 1 fully saturated rings. The number of aliphatic hydroxyl groups excluding tert-OH is 1. The fraction of sp³-hybridized carbons (Fsp3) is 0.320. The molecule has 9 heteroatoms. The van der Waals surface area contributed by atoms with E-state index >= 15 is 0 Å². The van der Waals surface area contributed by atoms with Crippen LogP contribution in [-0.2, 0) is 27.4 Å². The summed E-state index contributed by atoms with van der Waals surface area (Å²) in [5.41, 5.74) is 9.04. The number of anilines is 1. The molecule has 3 N–H and O–H groups in total. The van der Waals surface area contributed by atoms with Crippen molar-refractivity contribution in [2.75, 3.05) is 18.9 Å². The summed E-state index contributed by atoms with van der Waals surface area (Å²) in [6.45, 7) is 1.53. The van der Waals surface area contributed by atoms with Crippen LogP contribution in [0.1, 0.15) is 17.4 Å². The highest BCUT2D eigenvalue weighted by Crippen LogP contribution is 2.36. The van der Waals surface area contributed by atoms with Crippen molar-refractivity contribution < 1.29 is 19.3 Å². The van der Waals surface area contributed by atoms with Crippen LogP contribution >= 0.6 is 0 Å². The van der Waals surface area contributed by atoms with Gasteiger partial charge in [0.1, 0.15) is 17.9 Å². The molecule has 5 rings (SSSR count). The number of nitrogens with two attached hydrogens (primary N) is 1. The first-order valence-corrected chi connectivity index (χ1v) is 11.2. The van der Waals surface area contributed by atoms with Gasteiger partial charge in [0.05, 0.1) is 38.9 Å². The molecule has 0 amide bonds. The molecule has 3 heterocycles. The number of nitrogen functional groups attached to an aromatic ring is 1. The molecule has 0 saturated carbocycles. The molecular weight excluding hydrogens is 434 g/mol. The van der Waals surface area contributed by atoms with Crippen LogP contribution < -0.4 is 5.73 Å². The molecule has 1 saturated heterocycles. The molecule has 9 nitrogen and oxygen atoms in total. The number of imidazole rings is 1. The van der Waals surface area contributed by atoms with Crippen LogP contribution in [0.15, 0.2) is 73.3 Å². The third-order valence-corrected chi connectivity index (χ3v) is 6.00. The van der Waals surface area contributed by atoms with Gasteiger partial charge in [-0.05, 0) is 11.1 Å². The van der Waals surface area contributed by atoms with Crippen LogP contribution in [-0.4, -0.2) is 50.0 Å². The second kappa shape index (κ2) is 10.3. The zero-order valence-electron chi connectivity index (χ0n) is 18.6. The smallest absolute Gasteiger partial charge is 0.167 e. The Bertz CT molecular complexity index is 1200. The highest BCUT2D eigenvalue weighted by molar-refractivity contribution is 5.81. The summed E-state index contributed by atoms with van der Waals surface area (Å²) in [6, 6.07) is 19.9. The lowest BCUT2D eigenvalue weighted by atomic mass is 9.99. The lowest BCUT2D eigenvalue weighted by Gasteiger charge is -2.20. The second-order valence-electron chi connectivity index (χ2n) is 8.30. The molecule has 0 radical (unpaired) electrons. The van der Waals surface area contributed by atoms with Crippen molar-refractivity contribution in [1.29, 1.82) is 0 Å². The zero-order valence-corrected chi connectivity index (χ0v) is 18.6. The third kappa shape index (κ3) is 4.78. The first-order chi connectivity index (χ1) is 16.7. The fourth-order valence-corrected chi connectivity index (χ4v) is 4.20. The molecule has 0 aliphatic carbocycles. The molecule has 0 unspecified atom stereocenters. The molecule has 4 aromatic rings. The van der Waals surface area contributed by atoms with Gasteiger partial charge >= 0.3 is 0 Å². The molecule has 2 aromatic heterocycles. The van der Waals surface area contributed by atoms with E-state index in [9.17, 15) is 5.11 Å². The number of hydrogen-bond donors (Lipinski definition) is 2. The Morgan fingerprint density at radius 1 is 0.882 bits per heavy atom. The molecule has 4 atom stereocenters. The molecule has 1 aliphatic rings. The zero-order chi connectivity index (χ0) is 23.3. The van der Waals surface area contributed by atoms with Crippen LogP contribution in [0.3, 0.4) is 0 Å². The van der Waals surface area contributed by atoms with Crippen molar-refractivity contribution in [3.63, 3.8) is 0 Å². The van der Waals surface area contributed by atoms with E-state index in [1.165, 1.54) is 6.33 Å². The monoisotopic (exact) mass is 461 g/mol. The number of fused-ring (bicyclic) bond motifs is 1. The Labute approximate surface area is 197 Å². The van der Waals surface area contributed by atoms with E-state index < -0.39 is 12.3 Å². The van der Waals surface area contributed by atoms with Crippen LogP contribution in [0.4, 0.5) is 5.82 Å².